The Labute approximate surface area is 95.7 Å². The van der Waals surface area contributed by atoms with Crippen molar-refractivity contribution in [1.29, 1.82) is 0 Å². The van der Waals surface area contributed by atoms with Crippen LogP contribution in [0.15, 0.2) is 29.2 Å². The molecule has 0 aliphatic heterocycles. The molecule has 0 atom stereocenters. The van der Waals surface area contributed by atoms with E-state index in [1.54, 1.807) is 13.8 Å². The highest BCUT2D eigenvalue weighted by atomic mass is 32.2. The van der Waals surface area contributed by atoms with Crippen molar-refractivity contribution in [2.45, 2.75) is 43.6 Å². The highest BCUT2D eigenvalue weighted by Crippen LogP contribution is 2.31. The minimum atomic E-state index is -0.736. The summed E-state index contributed by atoms with van der Waals surface area (Å²) >= 11 is 1.43. The van der Waals surface area contributed by atoms with Gasteiger partial charge >= 0.3 is 0 Å². The Morgan fingerprint density at radius 2 is 1.73 bits per heavy atom. The van der Waals surface area contributed by atoms with Crippen molar-refractivity contribution in [2.75, 3.05) is 0 Å². The van der Waals surface area contributed by atoms with Crippen LogP contribution in [0.5, 0.6) is 5.75 Å². The molecule has 84 valence electrons. The summed E-state index contributed by atoms with van der Waals surface area (Å²) in [7, 11) is 0. The van der Waals surface area contributed by atoms with Crippen molar-refractivity contribution in [3.8, 4) is 5.75 Å². The molecule has 0 amide bonds. The SMILES string of the molecule is CC(C)Oc1ccc(SC(C)(C)O)cc1. The summed E-state index contributed by atoms with van der Waals surface area (Å²) in [5, 5.41) is 9.62. The van der Waals surface area contributed by atoms with Gasteiger partial charge in [-0.15, -0.1) is 0 Å². The molecule has 0 bridgehead atoms. The lowest BCUT2D eigenvalue weighted by Gasteiger charge is -2.16. The maximum absolute atomic E-state index is 9.62. The zero-order chi connectivity index (χ0) is 11.5. The van der Waals surface area contributed by atoms with E-state index in [4.69, 9.17) is 4.74 Å². The standard InChI is InChI=1S/C12H18O2S/c1-9(2)14-10-5-7-11(8-6-10)15-12(3,4)13/h5-9,13H,1-4H3. The van der Waals surface area contributed by atoms with Gasteiger partial charge in [-0.25, -0.2) is 0 Å². The molecular formula is C12H18O2S. The minimum absolute atomic E-state index is 0.192. The Morgan fingerprint density at radius 1 is 1.20 bits per heavy atom. The van der Waals surface area contributed by atoms with Gasteiger partial charge in [0.25, 0.3) is 0 Å². The van der Waals surface area contributed by atoms with Gasteiger partial charge in [-0.2, -0.15) is 0 Å². The van der Waals surface area contributed by atoms with Crippen molar-refractivity contribution >= 4 is 11.8 Å². The van der Waals surface area contributed by atoms with Crippen molar-refractivity contribution < 1.29 is 9.84 Å². The molecular weight excluding hydrogens is 208 g/mol. The van der Waals surface area contributed by atoms with Crippen LogP contribution in [-0.2, 0) is 0 Å². The number of aliphatic hydroxyl groups is 1. The zero-order valence-corrected chi connectivity index (χ0v) is 10.5. The summed E-state index contributed by atoms with van der Waals surface area (Å²) in [4.78, 5) is 0.305. The average molecular weight is 226 g/mol. The Bertz CT molecular complexity index is 298. The van der Waals surface area contributed by atoms with E-state index in [9.17, 15) is 5.11 Å². The molecule has 0 spiro atoms. The summed E-state index contributed by atoms with van der Waals surface area (Å²) in [5.41, 5.74) is 0. The van der Waals surface area contributed by atoms with Crippen LogP contribution in [0.25, 0.3) is 0 Å². The molecule has 15 heavy (non-hydrogen) atoms. The van der Waals surface area contributed by atoms with Crippen LogP contribution in [0, 0.1) is 0 Å². The predicted octanol–water partition coefficient (Wildman–Crippen LogP) is 3.29. The molecule has 0 fully saturated rings. The fourth-order valence-corrected chi connectivity index (χ4v) is 2.00. The number of hydrogen-bond acceptors (Lipinski definition) is 3. The van der Waals surface area contributed by atoms with Crippen LogP contribution >= 0.6 is 11.8 Å². The first-order valence-corrected chi connectivity index (χ1v) is 5.86. The molecule has 1 aromatic rings. The molecule has 0 heterocycles. The summed E-state index contributed by atoms with van der Waals surface area (Å²) in [6.45, 7) is 7.55. The number of benzene rings is 1. The molecule has 0 aromatic heterocycles. The topological polar surface area (TPSA) is 29.5 Å². The second-order valence-electron chi connectivity index (χ2n) is 4.19. The number of thioether (sulfide) groups is 1. The van der Waals surface area contributed by atoms with Crippen LogP contribution in [0.3, 0.4) is 0 Å². The van der Waals surface area contributed by atoms with Gasteiger partial charge in [-0.1, -0.05) is 11.8 Å². The fourth-order valence-electron chi connectivity index (χ4n) is 1.15. The molecule has 0 aliphatic rings. The number of rotatable bonds is 4. The van der Waals surface area contributed by atoms with E-state index in [0.717, 1.165) is 10.6 Å². The van der Waals surface area contributed by atoms with Crippen LogP contribution in [0.2, 0.25) is 0 Å². The molecule has 0 unspecified atom stereocenters. The number of ether oxygens (including phenoxy) is 1. The van der Waals surface area contributed by atoms with Crippen molar-refractivity contribution in [1.82, 2.24) is 0 Å². The van der Waals surface area contributed by atoms with E-state index in [0.29, 0.717) is 0 Å². The Balaban J connectivity index is 2.64. The van der Waals surface area contributed by atoms with Gasteiger partial charge in [0.1, 0.15) is 10.7 Å². The van der Waals surface area contributed by atoms with E-state index in [2.05, 4.69) is 0 Å². The minimum Gasteiger partial charge on any atom is -0.491 e. The lowest BCUT2D eigenvalue weighted by Crippen LogP contribution is -2.11. The van der Waals surface area contributed by atoms with Crippen LogP contribution in [0.1, 0.15) is 27.7 Å². The first kappa shape index (κ1) is 12.4. The van der Waals surface area contributed by atoms with Gasteiger partial charge < -0.3 is 9.84 Å². The summed E-state index contributed by atoms with van der Waals surface area (Å²) in [6, 6.07) is 7.77. The van der Waals surface area contributed by atoms with Gasteiger partial charge in [0.2, 0.25) is 0 Å². The third-order valence-electron chi connectivity index (χ3n) is 1.56. The quantitative estimate of drug-likeness (QED) is 0.631. The Morgan fingerprint density at radius 3 is 2.13 bits per heavy atom. The van der Waals surface area contributed by atoms with E-state index < -0.39 is 4.93 Å². The molecule has 0 saturated heterocycles. The predicted molar refractivity (Wildman–Crippen MR) is 64.4 cm³/mol. The van der Waals surface area contributed by atoms with E-state index in [1.165, 1.54) is 11.8 Å². The molecule has 1 N–H and O–H groups in total. The fraction of sp³-hybridized carbons (Fsp3) is 0.500. The monoisotopic (exact) mass is 226 g/mol. The third kappa shape index (κ3) is 5.09. The first-order valence-electron chi connectivity index (χ1n) is 5.05. The maximum atomic E-state index is 9.62. The van der Waals surface area contributed by atoms with Crippen LogP contribution < -0.4 is 4.74 Å². The zero-order valence-electron chi connectivity index (χ0n) is 9.65. The van der Waals surface area contributed by atoms with Crippen LogP contribution in [0.4, 0.5) is 0 Å². The van der Waals surface area contributed by atoms with E-state index >= 15 is 0 Å². The first-order chi connectivity index (χ1) is 6.87. The molecule has 0 aliphatic carbocycles. The Hall–Kier alpha value is -0.670. The second-order valence-corrected chi connectivity index (χ2v) is 5.86. The van der Waals surface area contributed by atoms with E-state index in [1.807, 2.05) is 38.1 Å². The van der Waals surface area contributed by atoms with E-state index in [-0.39, 0.29) is 6.10 Å². The van der Waals surface area contributed by atoms with Crippen LogP contribution in [-0.4, -0.2) is 16.1 Å². The molecule has 1 aromatic carbocycles. The summed E-state index contributed by atoms with van der Waals surface area (Å²) < 4.78 is 5.53. The van der Waals surface area contributed by atoms with Gasteiger partial charge in [0, 0.05) is 4.90 Å². The second kappa shape index (κ2) is 4.90. The van der Waals surface area contributed by atoms with Gasteiger partial charge in [-0.05, 0) is 52.0 Å². The van der Waals surface area contributed by atoms with Crippen molar-refractivity contribution in [3.63, 3.8) is 0 Å². The van der Waals surface area contributed by atoms with Crippen molar-refractivity contribution in [3.05, 3.63) is 24.3 Å². The number of hydrogen-bond donors (Lipinski definition) is 1. The molecule has 0 radical (unpaired) electrons. The van der Waals surface area contributed by atoms with Crippen molar-refractivity contribution in [2.24, 2.45) is 0 Å². The normalized spacial score (nSPS) is 11.9. The summed E-state index contributed by atoms with van der Waals surface area (Å²) in [6.07, 6.45) is 0.192. The average Bonchev–Trinajstić information content (AvgIpc) is 2.05. The molecule has 1 rings (SSSR count). The third-order valence-corrected chi connectivity index (χ3v) is 2.57. The largest absolute Gasteiger partial charge is 0.491 e. The lowest BCUT2D eigenvalue weighted by molar-refractivity contribution is 0.179. The summed E-state index contributed by atoms with van der Waals surface area (Å²) in [5.74, 6) is 0.866. The van der Waals surface area contributed by atoms with Gasteiger partial charge in [0.05, 0.1) is 6.10 Å². The molecule has 3 heteroatoms. The van der Waals surface area contributed by atoms with Gasteiger partial charge in [0.15, 0.2) is 0 Å². The highest BCUT2D eigenvalue weighted by Gasteiger charge is 2.13. The van der Waals surface area contributed by atoms with Gasteiger partial charge in [-0.3, -0.25) is 0 Å². The highest BCUT2D eigenvalue weighted by molar-refractivity contribution is 8.00. The molecule has 0 saturated carbocycles. The smallest absolute Gasteiger partial charge is 0.119 e. The lowest BCUT2D eigenvalue weighted by atomic mass is 10.3. The molecule has 2 nitrogen and oxygen atoms in total. The maximum Gasteiger partial charge on any atom is 0.119 e. The Kier molecular flexibility index (Phi) is 4.05.